The van der Waals surface area contributed by atoms with E-state index in [1.165, 1.54) is 12.1 Å². The van der Waals surface area contributed by atoms with Gasteiger partial charge in [0, 0.05) is 16.2 Å². The summed E-state index contributed by atoms with van der Waals surface area (Å²) in [6, 6.07) is 11.6. The second-order valence-corrected chi connectivity index (χ2v) is 6.73. The van der Waals surface area contributed by atoms with Gasteiger partial charge < -0.3 is 10.6 Å². The fourth-order valence-corrected chi connectivity index (χ4v) is 2.62. The lowest BCUT2D eigenvalue weighted by Gasteiger charge is -2.20. The first kappa shape index (κ1) is 16.0. The van der Waals surface area contributed by atoms with Gasteiger partial charge in [-0.05, 0) is 61.2 Å². The van der Waals surface area contributed by atoms with Crippen molar-refractivity contribution in [3.05, 3.63) is 63.9 Å². The van der Waals surface area contributed by atoms with E-state index in [0.29, 0.717) is 0 Å². The molecule has 0 radical (unpaired) electrons. The van der Waals surface area contributed by atoms with Crippen molar-refractivity contribution in [2.45, 2.75) is 31.8 Å². The Labute approximate surface area is 143 Å². The molecule has 2 aromatic carbocycles. The number of anilines is 1. The number of halogens is 2. The highest BCUT2D eigenvalue weighted by atomic mass is 79.9. The minimum Gasteiger partial charge on any atom is -0.370 e. The van der Waals surface area contributed by atoms with Crippen molar-refractivity contribution >= 4 is 27.5 Å². The Morgan fingerprint density at radius 1 is 1.22 bits per heavy atom. The van der Waals surface area contributed by atoms with E-state index in [0.717, 1.165) is 34.1 Å². The SMILES string of the molecule is Cc1cc(N[C@H](C(=O)NC2CC2)c2ccc(F)cc2)ccc1Br. The topological polar surface area (TPSA) is 41.1 Å². The maximum Gasteiger partial charge on any atom is 0.247 e. The number of rotatable bonds is 5. The first-order chi connectivity index (χ1) is 11.0. The first-order valence-corrected chi connectivity index (χ1v) is 8.41. The third-order valence-corrected chi connectivity index (χ3v) is 4.75. The fourth-order valence-electron chi connectivity index (χ4n) is 2.37. The summed E-state index contributed by atoms with van der Waals surface area (Å²) in [7, 11) is 0. The molecule has 23 heavy (non-hydrogen) atoms. The third kappa shape index (κ3) is 4.10. The maximum atomic E-state index is 13.2. The summed E-state index contributed by atoms with van der Waals surface area (Å²) in [4.78, 5) is 12.6. The predicted octanol–water partition coefficient (Wildman–Crippen LogP) is 4.33. The number of hydrogen-bond acceptors (Lipinski definition) is 2. The van der Waals surface area contributed by atoms with E-state index >= 15 is 0 Å². The molecule has 2 aromatic rings. The predicted molar refractivity (Wildman–Crippen MR) is 92.8 cm³/mol. The summed E-state index contributed by atoms with van der Waals surface area (Å²) >= 11 is 3.47. The van der Waals surface area contributed by atoms with Crippen LogP contribution < -0.4 is 10.6 Å². The van der Waals surface area contributed by atoms with Crippen molar-refractivity contribution in [2.75, 3.05) is 5.32 Å². The van der Waals surface area contributed by atoms with E-state index in [1.807, 2.05) is 25.1 Å². The molecule has 2 N–H and O–H groups in total. The van der Waals surface area contributed by atoms with Crippen LogP contribution in [0, 0.1) is 12.7 Å². The van der Waals surface area contributed by atoms with E-state index in [2.05, 4.69) is 26.6 Å². The van der Waals surface area contributed by atoms with Gasteiger partial charge in [-0.1, -0.05) is 28.1 Å². The highest BCUT2D eigenvalue weighted by Gasteiger charge is 2.28. The first-order valence-electron chi connectivity index (χ1n) is 7.61. The molecule has 120 valence electrons. The largest absolute Gasteiger partial charge is 0.370 e. The molecular formula is C18H18BrFN2O. The van der Waals surface area contributed by atoms with Crippen LogP contribution in [0.5, 0.6) is 0 Å². The Balaban J connectivity index is 1.85. The Morgan fingerprint density at radius 2 is 1.91 bits per heavy atom. The van der Waals surface area contributed by atoms with E-state index in [4.69, 9.17) is 0 Å². The highest BCUT2D eigenvalue weighted by molar-refractivity contribution is 9.10. The van der Waals surface area contributed by atoms with Crippen LogP contribution in [0.25, 0.3) is 0 Å². The molecule has 1 amide bonds. The standard InChI is InChI=1S/C18H18BrFN2O/c1-11-10-15(8-9-16(11)19)21-17(18(23)22-14-6-7-14)12-2-4-13(20)5-3-12/h2-5,8-10,14,17,21H,6-7H2,1H3,(H,22,23)/t17-/m0/s1. The average Bonchev–Trinajstić information content (AvgIpc) is 3.33. The lowest BCUT2D eigenvalue weighted by atomic mass is 10.1. The van der Waals surface area contributed by atoms with E-state index in [1.54, 1.807) is 12.1 Å². The molecule has 1 saturated carbocycles. The van der Waals surface area contributed by atoms with Gasteiger partial charge in [-0.3, -0.25) is 4.79 Å². The minimum absolute atomic E-state index is 0.0836. The van der Waals surface area contributed by atoms with E-state index in [9.17, 15) is 9.18 Å². The summed E-state index contributed by atoms with van der Waals surface area (Å²) in [5.74, 6) is -0.394. The molecule has 1 fully saturated rings. The van der Waals surface area contributed by atoms with Crippen LogP contribution in [-0.4, -0.2) is 11.9 Å². The monoisotopic (exact) mass is 376 g/mol. The second kappa shape index (κ2) is 6.71. The molecule has 1 aliphatic carbocycles. The highest BCUT2D eigenvalue weighted by Crippen LogP contribution is 2.26. The Kier molecular flexibility index (Phi) is 4.66. The Hall–Kier alpha value is -1.88. The molecule has 0 aliphatic heterocycles. The van der Waals surface area contributed by atoms with Gasteiger partial charge in [0.2, 0.25) is 5.91 Å². The van der Waals surface area contributed by atoms with Crippen LogP contribution in [0.1, 0.15) is 30.0 Å². The molecule has 3 nitrogen and oxygen atoms in total. The smallest absolute Gasteiger partial charge is 0.247 e. The number of amides is 1. The molecule has 0 bridgehead atoms. The van der Waals surface area contributed by atoms with Crippen LogP contribution in [0.4, 0.5) is 10.1 Å². The van der Waals surface area contributed by atoms with Gasteiger partial charge in [-0.2, -0.15) is 0 Å². The normalized spacial score (nSPS) is 15.1. The maximum absolute atomic E-state index is 13.2. The molecular weight excluding hydrogens is 359 g/mol. The molecule has 0 spiro atoms. The van der Waals surface area contributed by atoms with Gasteiger partial charge in [0.15, 0.2) is 0 Å². The molecule has 3 rings (SSSR count). The average molecular weight is 377 g/mol. The second-order valence-electron chi connectivity index (χ2n) is 5.88. The lowest BCUT2D eigenvalue weighted by molar-refractivity contribution is -0.122. The molecule has 1 aliphatic rings. The van der Waals surface area contributed by atoms with Crippen LogP contribution in [0.3, 0.4) is 0 Å². The van der Waals surface area contributed by atoms with Gasteiger partial charge >= 0.3 is 0 Å². The zero-order valence-electron chi connectivity index (χ0n) is 12.8. The van der Waals surface area contributed by atoms with Gasteiger partial charge in [-0.25, -0.2) is 4.39 Å². The van der Waals surface area contributed by atoms with Gasteiger partial charge in [0.25, 0.3) is 0 Å². The number of carbonyl (C=O) groups excluding carboxylic acids is 1. The quantitative estimate of drug-likeness (QED) is 0.815. The van der Waals surface area contributed by atoms with Crippen LogP contribution in [0.2, 0.25) is 0 Å². The van der Waals surface area contributed by atoms with Crippen LogP contribution in [-0.2, 0) is 4.79 Å². The number of benzene rings is 2. The van der Waals surface area contributed by atoms with Crippen molar-refractivity contribution in [3.8, 4) is 0 Å². The van der Waals surface area contributed by atoms with Gasteiger partial charge in [0.1, 0.15) is 11.9 Å². The third-order valence-electron chi connectivity index (χ3n) is 3.86. The molecule has 0 saturated heterocycles. The van der Waals surface area contributed by atoms with Crippen LogP contribution in [0.15, 0.2) is 46.9 Å². The number of hydrogen-bond donors (Lipinski definition) is 2. The van der Waals surface area contributed by atoms with Gasteiger partial charge in [0.05, 0.1) is 0 Å². The number of aryl methyl sites for hydroxylation is 1. The van der Waals surface area contributed by atoms with E-state index < -0.39 is 6.04 Å². The number of carbonyl (C=O) groups is 1. The molecule has 5 heteroatoms. The van der Waals surface area contributed by atoms with Crippen molar-refractivity contribution in [3.63, 3.8) is 0 Å². The summed E-state index contributed by atoms with van der Waals surface area (Å²) in [5.41, 5.74) is 2.67. The van der Waals surface area contributed by atoms with Gasteiger partial charge in [-0.15, -0.1) is 0 Å². The van der Waals surface area contributed by atoms with Crippen molar-refractivity contribution in [2.24, 2.45) is 0 Å². The zero-order chi connectivity index (χ0) is 16.4. The summed E-state index contributed by atoms with van der Waals surface area (Å²) in [5, 5.41) is 6.27. The number of nitrogens with one attached hydrogen (secondary N) is 2. The Morgan fingerprint density at radius 3 is 2.52 bits per heavy atom. The fraction of sp³-hybridized carbons (Fsp3) is 0.278. The molecule has 0 aromatic heterocycles. The van der Waals surface area contributed by atoms with Crippen molar-refractivity contribution in [1.29, 1.82) is 0 Å². The lowest BCUT2D eigenvalue weighted by Crippen LogP contribution is -2.34. The summed E-state index contributed by atoms with van der Waals surface area (Å²) in [6.07, 6.45) is 2.05. The van der Waals surface area contributed by atoms with Crippen molar-refractivity contribution < 1.29 is 9.18 Å². The summed E-state index contributed by atoms with van der Waals surface area (Å²) in [6.45, 7) is 1.99. The van der Waals surface area contributed by atoms with Crippen molar-refractivity contribution in [1.82, 2.24) is 5.32 Å². The zero-order valence-corrected chi connectivity index (χ0v) is 14.4. The summed E-state index contributed by atoms with van der Waals surface area (Å²) < 4.78 is 14.2. The molecule has 0 heterocycles. The van der Waals surface area contributed by atoms with Crippen LogP contribution >= 0.6 is 15.9 Å². The molecule has 1 atom stereocenters. The Bertz CT molecular complexity index is 713. The minimum atomic E-state index is -0.545. The van der Waals surface area contributed by atoms with E-state index in [-0.39, 0.29) is 17.8 Å². The molecule has 0 unspecified atom stereocenters.